The third-order valence-corrected chi connectivity index (χ3v) is 6.22. The second-order valence-corrected chi connectivity index (χ2v) is 8.29. The molecule has 2 aromatic carbocycles. The van der Waals surface area contributed by atoms with Gasteiger partial charge in [-0.3, -0.25) is 10.1 Å². The normalized spacial score (nSPS) is 14.6. The number of nitrogens with zero attached hydrogens (tertiary/aromatic N) is 5. The van der Waals surface area contributed by atoms with E-state index in [2.05, 4.69) is 6.07 Å². The second kappa shape index (κ2) is 8.58. The fourth-order valence-electron chi connectivity index (χ4n) is 4.57. The monoisotopic (exact) mass is 490 g/mol. The van der Waals surface area contributed by atoms with Gasteiger partial charge in [-0.15, -0.1) is 0 Å². The van der Waals surface area contributed by atoms with Crippen LogP contribution in [0.25, 0.3) is 22.8 Å². The van der Waals surface area contributed by atoms with Gasteiger partial charge in [0.25, 0.3) is 5.69 Å². The van der Waals surface area contributed by atoms with Gasteiger partial charge in [0.15, 0.2) is 5.76 Å². The summed E-state index contributed by atoms with van der Waals surface area (Å²) in [5.41, 5.74) is 9.76. The first-order valence-corrected chi connectivity index (χ1v) is 11.3. The van der Waals surface area contributed by atoms with E-state index in [4.69, 9.17) is 20.0 Å². The van der Waals surface area contributed by atoms with Crippen LogP contribution in [0.5, 0.6) is 5.88 Å². The number of ether oxygens (including phenoxy) is 1. The van der Waals surface area contributed by atoms with Gasteiger partial charge in [0.1, 0.15) is 17.3 Å². The number of non-ortho nitro benzene ring substituents is 1. The van der Waals surface area contributed by atoms with Crippen molar-refractivity contribution in [3.05, 3.63) is 124 Å². The molecule has 0 saturated heterocycles. The first-order chi connectivity index (χ1) is 18.1. The lowest BCUT2D eigenvalue weighted by Gasteiger charge is -2.26. The molecular formula is C27H18N6O4. The van der Waals surface area contributed by atoms with Crippen molar-refractivity contribution in [3.8, 4) is 34.8 Å². The van der Waals surface area contributed by atoms with Crippen molar-refractivity contribution < 1.29 is 14.1 Å². The molecule has 10 heteroatoms. The van der Waals surface area contributed by atoms with Crippen molar-refractivity contribution in [1.29, 1.82) is 5.26 Å². The van der Waals surface area contributed by atoms with Crippen LogP contribution in [0, 0.1) is 21.4 Å². The number of para-hydroxylation sites is 1. The number of furan rings is 1. The summed E-state index contributed by atoms with van der Waals surface area (Å²) in [6.45, 7) is 0. The Morgan fingerprint density at radius 2 is 1.78 bits per heavy atom. The molecule has 6 rings (SSSR count). The Morgan fingerprint density at radius 1 is 1.00 bits per heavy atom. The molecule has 0 aliphatic carbocycles. The van der Waals surface area contributed by atoms with Crippen LogP contribution in [-0.4, -0.2) is 19.3 Å². The van der Waals surface area contributed by atoms with Crippen LogP contribution in [0.2, 0.25) is 0 Å². The summed E-state index contributed by atoms with van der Waals surface area (Å²) >= 11 is 0. The van der Waals surface area contributed by atoms with Crippen molar-refractivity contribution in [2.24, 2.45) is 5.73 Å². The number of allylic oxidation sites excluding steroid dienone is 1. The predicted octanol–water partition coefficient (Wildman–Crippen LogP) is 5.05. The van der Waals surface area contributed by atoms with E-state index in [1.807, 2.05) is 53.2 Å². The number of nitrogens with two attached hydrogens (primary N) is 1. The topological polar surface area (TPSA) is 138 Å². The van der Waals surface area contributed by atoms with E-state index < -0.39 is 10.8 Å². The third kappa shape index (κ3) is 3.54. The first-order valence-electron chi connectivity index (χ1n) is 11.3. The third-order valence-electron chi connectivity index (χ3n) is 6.22. The molecule has 0 amide bonds. The lowest BCUT2D eigenvalue weighted by Crippen LogP contribution is -2.23. The van der Waals surface area contributed by atoms with Crippen LogP contribution in [0.4, 0.5) is 5.69 Å². The molecule has 0 radical (unpaired) electrons. The molecule has 1 aliphatic heterocycles. The Kier molecular flexibility index (Phi) is 5.09. The van der Waals surface area contributed by atoms with Gasteiger partial charge in [0, 0.05) is 29.7 Å². The largest absolute Gasteiger partial charge is 0.463 e. The summed E-state index contributed by atoms with van der Waals surface area (Å²) in [5, 5.41) is 26.1. The minimum absolute atomic E-state index is 0.0168. The molecule has 2 N–H and O–H groups in total. The maximum Gasteiger partial charge on any atom is 0.269 e. The number of aromatic nitrogens is 3. The minimum atomic E-state index is -0.656. The predicted molar refractivity (Wildman–Crippen MR) is 133 cm³/mol. The number of fused-ring (bicyclic) bond motifs is 1. The molecule has 1 unspecified atom stereocenters. The van der Waals surface area contributed by atoms with Crippen molar-refractivity contribution in [3.63, 3.8) is 0 Å². The summed E-state index contributed by atoms with van der Waals surface area (Å²) in [6.07, 6.45) is 3.38. The molecule has 0 fully saturated rings. The van der Waals surface area contributed by atoms with Gasteiger partial charge in [-0.25, -0.2) is 0 Å². The molecule has 0 spiro atoms. The van der Waals surface area contributed by atoms with Gasteiger partial charge in [-0.05, 0) is 48.5 Å². The minimum Gasteiger partial charge on any atom is -0.463 e. The molecule has 0 saturated carbocycles. The van der Waals surface area contributed by atoms with Crippen LogP contribution in [0.1, 0.15) is 17.2 Å². The van der Waals surface area contributed by atoms with Crippen LogP contribution >= 0.6 is 0 Å². The van der Waals surface area contributed by atoms with Crippen LogP contribution < -0.4 is 10.5 Å². The molecule has 5 aromatic rings. The Hall–Kier alpha value is -5.56. The molecule has 1 aliphatic rings. The van der Waals surface area contributed by atoms with Crippen LogP contribution in [0.15, 0.2) is 107 Å². The SMILES string of the molecule is N#CC1=C(N)Oc2c(c(-c3ccco3)nn2-c2ccccc2)C1c1cccn1-c1ccc([N+](=O)[O-])cc1. The van der Waals surface area contributed by atoms with E-state index in [1.165, 1.54) is 12.1 Å². The number of benzene rings is 2. The average molecular weight is 490 g/mol. The molecular weight excluding hydrogens is 472 g/mol. The summed E-state index contributed by atoms with van der Waals surface area (Å²) < 4.78 is 15.2. The summed E-state index contributed by atoms with van der Waals surface area (Å²) in [4.78, 5) is 10.7. The van der Waals surface area contributed by atoms with Gasteiger partial charge in [-0.1, -0.05) is 18.2 Å². The van der Waals surface area contributed by atoms with Gasteiger partial charge >= 0.3 is 0 Å². The fraction of sp³-hybridized carbons (Fsp3) is 0.0370. The van der Waals surface area contributed by atoms with E-state index in [9.17, 15) is 15.4 Å². The molecule has 0 bridgehead atoms. The van der Waals surface area contributed by atoms with Crippen LogP contribution in [0.3, 0.4) is 0 Å². The quantitative estimate of drug-likeness (QED) is 0.269. The maximum atomic E-state index is 11.1. The highest BCUT2D eigenvalue weighted by Crippen LogP contribution is 2.48. The first kappa shape index (κ1) is 21.9. The van der Waals surface area contributed by atoms with E-state index in [1.54, 1.807) is 35.2 Å². The Morgan fingerprint density at radius 3 is 2.46 bits per heavy atom. The highest BCUT2D eigenvalue weighted by atomic mass is 16.6. The van der Waals surface area contributed by atoms with Crippen LogP contribution in [-0.2, 0) is 0 Å². The van der Waals surface area contributed by atoms with Crippen molar-refractivity contribution in [1.82, 2.24) is 14.3 Å². The lowest BCUT2D eigenvalue weighted by molar-refractivity contribution is -0.384. The zero-order valence-corrected chi connectivity index (χ0v) is 19.2. The number of rotatable bonds is 5. The van der Waals surface area contributed by atoms with E-state index >= 15 is 0 Å². The number of hydrogen-bond donors (Lipinski definition) is 1. The van der Waals surface area contributed by atoms with Crippen molar-refractivity contribution >= 4 is 5.69 Å². The molecule has 180 valence electrons. The highest BCUT2D eigenvalue weighted by molar-refractivity contribution is 5.69. The van der Waals surface area contributed by atoms with Gasteiger partial charge in [0.2, 0.25) is 11.8 Å². The molecule has 10 nitrogen and oxygen atoms in total. The van der Waals surface area contributed by atoms with E-state index in [0.29, 0.717) is 34.3 Å². The molecule has 1 atom stereocenters. The Balaban J connectivity index is 1.60. The highest BCUT2D eigenvalue weighted by Gasteiger charge is 2.39. The fourth-order valence-corrected chi connectivity index (χ4v) is 4.57. The molecule has 4 heterocycles. The van der Waals surface area contributed by atoms with Crippen molar-refractivity contribution in [2.45, 2.75) is 5.92 Å². The zero-order chi connectivity index (χ0) is 25.5. The molecule has 3 aromatic heterocycles. The zero-order valence-electron chi connectivity index (χ0n) is 19.2. The van der Waals surface area contributed by atoms with Gasteiger partial charge in [0.05, 0.1) is 28.4 Å². The van der Waals surface area contributed by atoms with Crippen molar-refractivity contribution in [2.75, 3.05) is 0 Å². The summed E-state index contributed by atoms with van der Waals surface area (Å²) in [7, 11) is 0. The van der Waals surface area contributed by atoms with Gasteiger partial charge < -0.3 is 19.5 Å². The van der Waals surface area contributed by atoms with E-state index in [-0.39, 0.29) is 17.1 Å². The Bertz CT molecular complexity index is 1690. The van der Waals surface area contributed by atoms with Gasteiger partial charge in [-0.2, -0.15) is 15.0 Å². The number of hydrogen-bond acceptors (Lipinski definition) is 7. The smallest absolute Gasteiger partial charge is 0.269 e. The van der Waals surface area contributed by atoms with E-state index in [0.717, 1.165) is 5.69 Å². The summed E-state index contributed by atoms with van der Waals surface area (Å²) in [5.74, 6) is 0.192. The standard InChI is InChI=1S/C27H18N6O4/c28-16-20-23(21-8-4-14-31(21)17-10-12-19(13-11-17)33(34)35)24-25(22-9-5-15-36-22)30-32(27(24)37-26(20)29)18-6-2-1-3-7-18/h1-15,23H,29H2. The second-order valence-electron chi connectivity index (χ2n) is 8.29. The number of nitro groups is 1. The Labute approximate surface area is 210 Å². The number of nitriles is 1. The number of nitro benzene ring substituents is 1. The lowest BCUT2D eigenvalue weighted by atomic mass is 9.86. The molecule has 37 heavy (non-hydrogen) atoms. The summed E-state index contributed by atoms with van der Waals surface area (Å²) in [6, 6.07) is 25.1. The maximum absolute atomic E-state index is 11.1. The average Bonchev–Trinajstić information content (AvgIpc) is 3.68.